The topological polar surface area (TPSA) is 72.8 Å². The molecule has 0 saturated carbocycles. The maximum Gasteiger partial charge on any atom is 0.373 e. The van der Waals surface area contributed by atoms with Crippen LogP contribution in [0.2, 0.25) is 0 Å². The maximum atomic E-state index is 11.5. The summed E-state index contributed by atoms with van der Waals surface area (Å²) in [6.45, 7) is 3.38. The van der Waals surface area contributed by atoms with Crippen LogP contribution in [0.5, 0.6) is 0 Å². The molecule has 0 saturated heterocycles. The summed E-state index contributed by atoms with van der Waals surface area (Å²) in [5, 5.41) is 8.84. The summed E-state index contributed by atoms with van der Waals surface area (Å²) in [7, 11) is 0. The molecular formula is C11H12O5. The van der Waals surface area contributed by atoms with E-state index in [4.69, 9.17) is 5.11 Å². The average Bonchev–Trinajstić information content (AvgIpc) is 2.25. The molecule has 0 fully saturated rings. The Bertz CT molecular complexity index is 397. The van der Waals surface area contributed by atoms with Gasteiger partial charge in [0, 0.05) is 0 Å². The number of carboxylic acid groups (broad SMARTS) is 1. The summed E-state index contributed by atoms with van der Waals surface area (Å²) < 4.78 is 0. The Morgan fingerprint density at radius 1 is 1.19 bits per heavy atom. The molecule has 16 heavy (non-hydrogen) atoms. The zero-order valence-electron chi connectivity index (χ0n) is 8.97. The van der Waals surface area contributed by atoms with Gasteiger partial charge in [-0.3, -0.25) is 4.89 Å². The van der Waals surface area contributed by atoms with Crippen molar-refractivity contribution >= 4 is 11.9 Å². The first-order valence-corrected chi connectivity index (χ1v) is 4.72. The maximum absolute atomic E-state index is 11.5. The Labute approximate surface area is 92.5 Å². The first-order chi connectivity index (χ1) is 7.52. The highest BCUT2D eigenvalue weighted by atomic mass is 17.2. The lowest BCUT2D eigenvalue weighted by atomic mass is 10.1. The van der Waals surface area contributed by atoms with E-state index in [1.807, 2.05) is 0 Å². The summed E-state index contributed by atoms with van der Waals surface area (Å²) in [6, 6.07) is 5.78. The van der Waals surface area contributed by atoms with E-state index in [0.717, 1.165) is 0 Å². The molecule has 0 bridgehead atoms. The molecule has 0 unspecified atom stereocenters. The zero-order valence-corrected chi connectivity index (χ0v) is 8.97. The summed E-state index contributed by atoms with van der Waals surface area (Å²) in [6.07, 6.45) is -0.277. The van der Waals surface area contributed by atoms with Gasteiger partial charge in [-0.25, -0.2) is 9.59 Å². The van der Waals surface area contributed by atoms with E-state index in [0.29, 0.717) is 0 Å². The van der Waals surface area contributed by atoms with Gasteiger partial charge >= 0.3 is 11.9 Å². The second kappa shape index (κ2) is 5.27. The Morgan fingerprint density at radius 3 is 2.25 bits per heavy atom. The van der Waals surface area contributed by atoms with Crippen molar-refractivity contribution in [3.63, 3.8) is 0 Å². The molecule has 0 aliphatic heterocycles. The van der Waals surface area contributed by atoms with Crippen molar-refractivity contribution in [1.29, 1.82) is 0 Å². The summed E-state index contributed by atoms with van der Waals surface area (Å²) in [4.78, 5) is 31.4. The van der Waals surface area contributed by atoms with E-state index >= 15 is 0 Å². The molecule has 1 aromatic carbocycles. The minimum Gasteiger partial charge on any atom is -0.478 e. The molecule has 0 aliphatic rings. The van der Waals surface area contributed by atoms with E-state index in [1.165, 1.54) is 18.2 Å². The fraction of sp³-hybridized carbons (Fsp3) is 0.273. The number of benzene rings is 1. The Hall–Kier alpha value is -1.88. The number of carbonyl (C=O) groups is 2. The molecule has 0 spiro atoms. The van der Waals surface area contributed by atoms with Crippen LogP contribution in [0.1, 0.15) is 34.6 Å². The lowest BCUT2D eigenvalue weighted by Crippen LogP contribution is -2.14. The first-order valence-electron chi connectivity index (χ1n) is 4.72. The van der Waals surface area contributed by atoms with Crippen LogP contribution >= 0.6 is 0 Å². The van der Waals surface area contributed by atoms with Gasteiger partial charge in [0.1, 0.15) is 0 Å². The van der Waals surface area contributed by atoms with Crippen molar-refractivity contribution in [2.75, 3.05) is 0 Å². The van der Waals surface area contributed by atoms with E-state index in [2.05, 4.69) is 9.78 Å². The van der Waals surface area contributed by atoms with Crippen molar-refractivity contribution in [2.24, 2.45) is 0 Å². The van der Waals surface area contributed by atoms with Crippen molar-refractivity contribution < 1.29 is 24.5 Å². The third-order valence-electron chi connectivity index (χ3n) is 1.69. The lowest BCUT2D eigenvalue weighted by molar-refractivity contribution is -0.265. The molecular weight excluding hydrogens is 212 g/mol. The Morgan fingerprint density at radius 2 is 1.75 bits per heavy atom. The Balaban J connectivity index is 2.86. The lowest BCUT2D eigenvalue weighted by Gasteiger charge is -2.07. The monoisotopic (exact) mass is 224 g/mol. The largest absolute Gasteiger partial charge is 0.478 e. The molecule has 0 aromatic heterocycles. The normalized spacial score (nSPS) is 10.2. The predicted octanol–water partition coefficient (Wildman–Crippen LogP) is 1.88. The van der Waals surface area contributed by atoms with Gasteiger partial charge in [-0.1, -0.05) is 12.1 Å². The minimum absolute atomic E-state index is 0.0318. The molecule has 5 heteroatoms. The number of rotatable bonds is 4. The molecule has 0 atom stereocenters. The number of hydrogen-bond donors (Lipinski definition) is 1. The third-order valence-corrected chi connectivity index (χ3v) is 1.69. The highest BCUT2D eigenvalue weighted by Crippen LogP contribution is 2.10. The van der Waals surface area contributed by atoms with Gasteiger partial charge in [-0.2, -0.15) is 4.89 Å². The van der Waals surface area contributed by atoms with Crippen molar-refractivity contribution in [1.82, 2.24) is 0 Å². The second-order valence-electron chi connectivity index (χ2n) is 3.37. The minimum atomic E-state index is -1.18. The highest BCUT2D eigenvalue weighted by molar-refractivity contribution is 6.02. The third kappa shape index (κ3) is 3.06. The van der Waals surface area contributed by atoms with Crippen LogP contribution in [0.3, 0.4) is 0 Å². The fourth-order valence-corrected chi connectivity index (χ4v) is 1.03. The van der Waals surface area contributed by atoms with Gasteiger partial charge in [0.25, 0.3) is 0 Å². The van der Waals surface area contributed by atoms with Gasteiger partial charge in [0.05, 0.1) is 17.2 Å². The number of aromatic carboxylic acids is 1. The molecule has 86 valence electrons. The zero-order chi connectivity index (χ0) is 12.1. The van der Waals surface area contributed by atoms with Crippen molar-refractivity contribution in [2.45, 2.75) is 20.0 Å². The SMILES string of the molecule is CC(C)OOC(=O)c1ccccc1C(=O)O. The molecule has 0 amide bonds. The molecule has 0 aliphatic carbocycles. The van der Waals surface area contributed by atoms with Crippen LogP contribution in [0, 0.1) is 0 Å². The number of carbonyl (C=O) groups excluding carboxylic acids is 1. The molecule has 1 N–H and O–H groups in total. The van der Waals surface area contributed by atoms with Gasteiger partial charge in [0.15, 0.2) is 0 Å². The van der Waals surface area contributed by atoms with Gasteiger partial charge in [-0.15, -0.1) is 0 Å². The molecule has 1 aromatic rings. The van der Waals surface area contributed by atoms with E-state index < -0.39 is 11.9 Å². The van der Waals surface area contributed by atoms with Crippen LogP contribution in [0.4, 0.5) is 0 Å². The second-order valence-corrected chi connectivity index (χ2v) is 3.37. The fourth-order valence-electron chi connectivity index (χ4n) is 1.03. The van der Waals surface area contributed by atoms with Gasteiger partial charge in [0.2, 0.25) is 0 Å². The molecule has 0 radical (unpaired) electrons. The van der Waals surface area contributed by atoms with Crippen molar-refractivity contribution in [3.8, 4) is 0 Å². The van der Waals surface area contributed by atoms with Gasteiger partial charge < -0.3 is 5.11 Å². The standard InChI is InChI=1S/C11H12O5/c1-7(2)15-16-11(14)9-6-4-3-5-8(9)10(12)13/h3-7H,1-2H3,(H,12,13). The first kappa shape index (κ1) is 12.2. The van der Waals surface area contributed by atoms with Crippen LogP contribution in [-0.2, 0) is 9.78 Å². The van der Waals surface area contributed by atoms with Crippen LogP contribution in [0.25, 0.3) is 0 Å². The Kier molecular flexibility index (Phi) is 4.02. The number of carboxylic acids is 1. The van der Waals surface area contributed by atoms with Crippen LogP contribution < -0.4 is 0 Å². The smallest absolute Gasteiger partial charge is 0.373 e. The van der Waals surface area contributed by atoms with Crippen LogP contribution in [-0.4, -0.2) is 23.1 Å². The van der Waals surface area contributed by atoms with E-state index in [1.54, 1.807) is 19.9 Å². The molecule has 0 heterocycles. The van der Waals surface area contributed by atoms with Gasteiger partial charge in [-0.05, 0) is 26.0 Å². The number of hydrogen-bond acceptors (Lipinski definition) is 4. The van der Waals surface area contributed by atoms with Crippen LogP contribution in [0.15, 0.2) is 24.3 Å². The summed E-state index contributed by atoms with van der Waals surface area (Å²) in [5.74, 6) is -2.00. The molecule has 1 rings (SSSR count). The summed E-state index contributed by atoms with van der Waals surface area (Å²) >= 11 is 0. The average molecular weight is 224 g/mol. The molecule has 5 nitrogen and oxygen atoms in total. The van der Waals surface area contributed by atoms with Crippen molar-refractivity contribution in [3.05, 3.63) is 35.4 Å². The predicted molar refractivity (Wildman–Crippen MR) is 55.0 cm³/mol. The van der Waals surface area contributed by atoms with E-state index in [-0.39, 0.29) is 17.2 Å². The highest BCUT2D eigenvalue weighted by Gasteiger charge is 2.18. The summed E-state index contributed by atoms with van der Waals surface area (Å²) in [5.41, 5.74) is -0.143. The quantitative estimate of drug-likeness (QED) is 0.624. The van der Waals surface area contributed by atoms with E-state index in [9.17, 15) is 9.59 Å².